The fourth-order valence-electron chi connectivity index (χ4n) is 1.88. The van der Waals surface area contributed by atoms with E-state index in [1.807, 2.05) is 26.0 Å². The van der Waals surface area contributed by atoms with Crippen LogP contribution >= 0.6 is 0 Å². The summed E-state index contributed by atoms with van der Waals surface area (Å²) in [4.78, 5) is 12.0. The topological polar surface area (TPSA) is 94.0 Å². The van der Waals surface area contributed by atoms with Gasteiger partial charge in [0.05, 0.1) is 6.04 Å². The van der Waals surface area contributed by atoms with Gasteiger partial charge < -0.3 is 15.5 Å². The Morgan fingerprint density at radius 3 is 2.90 bits per heavy atom. The Bertz CT molecular complexity index is 566. The van der Waals surface area contributed by atoms with Crippen LogP contribution in [0.2, 0.25) is 0 Å². The molecule has 106 valence electrons. The quantitative estimate of drug-likeness (QED) is 0.870. The third kappa shape index (κ3) is 3.64. The van der Waals surface area contributed by atoms with E-state index in [1.165, 1.54) is 6.39 Å². The fourth-order valence-corrected chi connectivity index (χ4v) is 1.88. The maximum atomic E-state index is 12.0. The van der Waals surface area contributed by atoms with Gasteiger partial charge >= 0.3 is 0 Å². The Kier molecular flexibility index (Phi) is 4.47. The van der Waals surface area contributed by atoms with E-state index in [2.05, 4.69) is 15.5 Å². The Hall–Kier alpha value is -2.21. The summed E-state index contributed by atoms with van der Waals surface area (Å²) in [7, 11) is 0. The van der Waals surface area contributed by atoms with E-state index < -0.39 is 6.04 Å². The molecular formula is C14H18N4O2. The van der Waals surface area contributed by atoms with Gasteiger partial charge in [-0.25, -0.2) is 0 Å². The predicted molar refractivity (Wildman–Crippen MR) is 75.8 cm³/mol. The third-order valence-electron chi connectivity index (χ3n) is 2.80. The van der Waals surface area contributed by atoms with Gasteiger partial charge in [-0.05, 0) is 30.5 Å². The van der Waals surface area contributed by atoms with Gasteiger partial charge in [-0.1, -0.05) is 19.9 Å². The summed E-state index contributed by atoms with van der Waals surface area (Å²) in [6.07, 6.45) is 1.91. The molecule has 6 nitrogen and oxygen atoms in total. The highest BCUT2D eigenvalue weighted by Crippen LogP contribution is 2.20. The van der Waals surface area contributed by atoms with Crippen LogP contribution in [0.25, 0.3) is 11.5 Å². The average molecular weight is 274 g/mol. The molecule has 6 heteroatoms. The van der Waals surface area contributed by atoms with E-state index in [9.17, 15) is 4.79 Å². The lowest BCUT2D eigenvalue weighted by molar-refractivity contribution is -0.117. The number of carbonyl (C=O) groups is 1. The lowest BCUT2D eigenvalue weighted by atomic mass is 10.0. The molecule has 0 unspecified atom stereocenters. The maximum absolute atomic E-state index is 12.0. The Morgan fingerprint density at radius 1 is 1.45 bits per heavy atom. The normalized spacial score (nSPS) is 12.4. The van der Waals surface area contributed by atoms with Crippen molar-refractivity contribution in [2.24, 2.45) is 11.7 Å². The molecule has 0 aliphatic carbocycles. The van der Waals surface area contributed by atoms with Crippen LogP contribution in [0.3, 0.4) is 0 Å². The molecule has 1 heterocycles. The molecule has 1 amide bonds. The number of carbonyl (C=O) groups excluding carboxylic acids is 1. The second-order valence-corrected chi connectivity index (χ2v) is 5.05. The summed E-state index contributed by atoms with van der Waals surface area (Å²) in [6.45, 7) is 4.06. The molecule has 0 bridgehead atoms. The standard InChI is InChI=1S/C14H18N4O2/c1-9(2)6-12(15)13(19)17-11-5-3-4-10(7-11)14-18-16-8-20-14/h3-5,7-9,12H,6,15H2,1-2H3,(H,17,19)/t12-/m1/s1. The number of nitrogens with one attached hydrogen (secondary N) is 1. The van der Waals surface area contributed by atoms with Crippen molar-refractivity contribution in [1.29, 1.82) is 0 Å². The van der Waals surface area contributed by atoms with Gasteiger partial charge in [-0.3, -0.25) is 4.79 Å². The highest BCUT2D eigenvalue weighted by Gasteiger charge is 2.15. The van der Waals surface area contributed by atoms with Gasteiger partial charge in [0.1, 0.15) is 0 Å². The Morgan fingerprint density at radius 2 is 2.25 bits per heavy atom. The summed E-state index contributed by atoms with van der Waals surface area (Å²) in [5.41, 5.74) is 7.25. The molecule has 0 radical (unpaired) electrons. The zero-order chi connectivity index (χ0) is 14.5. The largest absolute Gasteiger partial charge is 0.423 e. The van der Waals surface area contributed by atoms with Crippen molar-refractivity contribution in [3.8, 4) is 11.5 Å². The number of aromatic nitrogens is 2. The number of nitrogens with zero attached hydrogens (tertiary/aromatic N) is 2. The molecule has 3 N–H and O–H groups in total. The zero-order valence-electron chi connectivity index (χ0n) is 11.5. The molecule has 1 aromatic carbocycles. The minimum absolute atomic E-state index is 0.193. The van der Waals surface area contributed by atoms with Gasteiger partial charge in [-0.15, -0.1) is 10.2 Å². The Balaban J connectivity index is 2.07. The summed E-state index contributed by atoms with van der Waals surface area (Å²) < 4.78 is 5.12. The number of rotatable bonds is 5. The third-order valence-corrected chi connectivity index (χ3v) is 2.80. The molecule has 0 spiro atoms. The van der Waals surface area contributed by atoms with Gasteiger partial charge in [-0.2, -0.15) is 0 Å². The predicted octanol–water partition coefficient (Wildman–Crippen LogP) is 2.05. The van der Waals surface area contributed by atoms with E-state index in [0.717, 1.165) is 5.56 Å². The van der Waals surface area contributed by atoms with E-state index >= 15 is 0 Å². The number of anilines is 1. The van der Waals surface area contributed by atoms with Crippen LogP contribution in [0.4, 0.5) is 5.69 Å². The van der Waals surface area contributed by atoms with Crippen LogP contribution in [0.1, 0.15) is 20.3 Å². The summed E-state index contributed by atoms with van der Waals surface area (Å²) in [5, 5.41) is 10.2. The average Bonchev–Trinajstić information content (AvgIpc) is 2.92. The molecule has 2 aromatic rings. The summed E-state index contributed by atoms with van der Waals surface area (Å²) in [6, 6.07) is 6.69. The number of hydrogen-bond donors (Lipinski definition) is 2. The number of nitrogens with two attached hydrogens (primary N) is 1. The van der Waals surface area contributed by atoms with E-state index in [0.29, 0.717) is 23.9 Å². The van der Waals surface area contributed by atoms with E-state index in [4.69, 9.17) is 10.2 Å². The first-order valence-corrected chi connectivity index (χ1v) is 6.49. The highest BCUT2D eigenvalue weighted by molar-refractivity contribution is 5.95. The highest BCUT2D eigenvalue weighted by atomic mass is 16.4. The minimum atomic E-state index is -0.512. The number of amides is 1. The van der Waals surface area contributed by atoms with Crippen molar-refractivity contribution in [3.05, 3.63) is 30.7 Å². The van der Waals surface area contributed by atoms with Crippen molar-refractivity contribution in [3.63, 3.8) is 0 Å². The minimum Gasteiger partial charge on any atom is -0.423 e. The first-order chi connectivity index (χ1) is 9.56. The fraction of sp³-hybridized carbons (Fsp3) is 0.357. The molecule has 1 atom stereocenters. The van der Waals surface area contributed by atoms with Crippen LogP contribution in [0.15, 0.2) is 35.1 Å². The van der Waals surface area contributed by atoms with Gasteiger partial charge in [0.15, 0.2) is 0 Å². The van der Waals surface area contributed by atoms with E-state index in [-0.39, 0.29) is 5.91 Å². The monoisotopic (exact) mass is 274 g/mol. The van der Waals surface area contributed by atoms with E-state index in [1.54, 1.807) is 12.1 Å². The summed E-state index contributed by atoms with van der Waals surface area (Å²) >= 11 is 0. The lowest BCUT2D eigenvalue weighted by Crippen LogP contribution is -2.36. The maximum Gasteiger partial charge on any atom is 0.247 e. The van der Waals surface area contributed by atoms with Crippen LogP contribution in [0, 0.1) is 5.92 Å². The van der Waals surface area contributed by atoms with Crippen molar-refractivity contribution in [2.45, 2.75) is 26.3 Å². The number of hydrogen-bond acceptors (Lipinski definition) is 5. The first-order valence-electron chi connectivity index (χ1n) is 6.49. The molecular weight excluding hydrogens is 256 g/mol. The first kappa shape index (κ1) is 14.2. The van der Waals surface area contributed by atoms with Crippen LogP contribution in [-0.2, 0) is 4.79 Å². The molecule has 0 fully saturated rings. The van der Waals surface area contributed by atoms with Gasteiger partial charge in [0, 0.05) is 11.3 Å². The van der Waals surface area contributed by atoms with Crippen LogP contribution in [-0.4, -0.2) is 22.1 Å². The molecule has 1 aromatic heterocycles. The summed E-state index contributed by atoms with van der Waals surface area (Å²) in [5.74, 6) is 0.592. The molecule has 20 heavy (non-hydrogen) atoms. The lowest BCUT2D eigenvalue weighted by Gasteiger charge is -2.14. The second-order valence-electron chi connectivity index (χ2n) is 5.05. The second kappa shape index (κ2) is 6.29. The van der Waals surface area contributed by atoms with Gasteiger partial charge in [0.25, 0.3) is 0 Å². The Labute approximate surface area is 117 Å². The smallest absolute Gasteiger partial charge is 0.247 e. The van der Waals surface area contributed by atoms with Crippen LogP contribution in [0.5, 0.6) is 0 Å². The zero-order valence-corrected chi connectivity index (χ0v) is 11.5. The molecule has 0 saturated carbocycles. The van der Waals surface area contributed by atoms with Crippen molar-refractivity contribution in [2.75, 3.05) is 5.32 Å². The van der Waals surface area contributed by atoms with Crippen molar-refractivity contribution >= 4 is 11.6 Å². The van der Waals surface area contributed by atoms with Crippen LogP contribution < -0.4 is 11.1 Å². The van der Waals surface area contributed by atoms with Crippen molar-refractivity contribution < 1.29 is 9.21 Å². The number of benzene rings is 1. The molecule has 0 aliphatic rings. The SMILES string of the molecule is CC(C)C[C@@H](N)C(=O)Nc1cccc(-c2nnco2)c1. The molecule has 0 aliphatic heterocycles. The van der Waals surface area contributed by atoms with Gasteiger partial charge in [0.2, 0.25) is 18.2 Å². The molecule has 2 rings (SSSR count). The van der Waals surface area contributed by atoms with Crippen molar-refractivity contribution in [1.82, 2.24) is 10.2 Å². The molecule has 0 saturated heterocycles.